The fraction of sp³-hybridized carbons (Fsp3) is 0.421. The highest BCUT2D eigenvalue weighted by Gasteiger charge is 2.19. The van der Waals surface area contributed by atoms with E-state index >= 15 is 0 Å². The number of fused-ring (bicyclic) bond motifs is 1. The van der Waals surface area contributed by atoms with E-state index in [1.54, 1.807) is 7.05 Å². The minimum absolute atomic E-state index is 0.355. The van der Waals surface area contributed by atoms with E-state index < -0.39 is 5.69 Å². The summed E-state index contributed by atoms with van der Waals surface area (Å²) in [4.78, 5) is 29.6. The number of nitrogens with zero attached hydrogens (tertiary/aromatic N) is 4. The van der Waals surface area contributed by atoms with Crippen LogP contribution in [0.2, 0.25) is 5.02 Å². The third kappa shape index (κ3) is 3.78. The lowest BCUT2D eigenvalue weighted by molar-refractivity contribution is 0.604. The molecule has 0 aliphatic carbocycles. The third-order valence-electron chi connectivity index (χ3n) is 4.61. The molecule has 3 aromatic rings. The first-order chi connectivity index (χ1) is 12.8. The van der Waals surface area contributed by atoms with Crippen molar-refractivity contribution in [1.82, 2.24) is 18.7 Å². The van der Waals surface area contributed by atoms with E-state index in [4.69, 9.17) is 11.6 Å². The van der Waals surface area contributed by atoms with Gasteiger partial charge in [0.1, 0.15) is 0 Å². The molecule has 0 amide bonds. The summed E-state index contributed by atoms with van der Waals surface area (Å²) in [6.07, 6.45) is 0.973. The van der Waals surface area contributed by atoms with Gasteiger partial charge in [-0.1, -0.05) is 37.6 Å². The van der Waals surface area contributed by atoms with Crippen molar-refractivity contribution in [2.45, 2.75) is 26.8 Å². The van der Waals surface area contributed by atoms with Crippen molar-refractivity contribution in [2.24, 2.45) is 20.0 Å². The molecule has 0 radical (unpaired) electrons. The van der Waals surface area contributed by atoms with Gasteiger partial charge in [0.2, 0.25) is 5.95 Å². The third-order valence-corrected chi connectivity index (χ3v) is 4.86. The maximum absolute atomic E-state index is 12.8. The van der Waals surface area contributed by atoms with Crippen molar-refractivity contribution in [1.29, 1.82) is 0 Å². The van der Waals surface area contributed by atoms with Crippen LogP contribution in [-0.2, 0) is 20.6 Å². The Hall–Kier alpha value is -2.54. The smallest absolute Gasteiger partial charge is 0.332 e. The molecular weight excluding hydrogens is 366 g/mol. The van der Waals surface area contributed by atoms with E-state index in [-0.39, 0.29) is 5.56 Å². The second-order valence-corrected chi connectivity index (χ2v) is 7.57. The van der Waals surface area contributed by atoms with Gasteiger partial charge in [-0.25, -0.2) is 4.79 Å². The van der Waals surface area contributed by atoms with E-state index in [2.05, 4.69) is 24.1 Å². The summed E-state index contributed by atoms with van der Waals surface area (Å²) < 4.78 is 4.35. The zero-order valence-corrected chi connectivity index (χ0v) is 16.7. The molecule has 0 unspecified atom stereocenters. The molecule has 7 nitrogen and oxygen atoms in total. The molecule has 27 heavy (non-hydrogen) atoms. The number of halogens is 1. The number of hydrogen-bond donors (Lipinski definition) is 1. The molecule has 0 aliphatic heterocycles. The number of aryl methyl sites for hydroxylation is 1. The van der Waals surface area contributed by atoms with Crippen molar-refractivity contribution < 1.29 is 0 Å². The summed E-state index contributed by atoms with van der Waals surface area (Å²) in [7, 11) is 3.11. The Labute approximate surface area is 162 Å². The number of benzene rings is 1. The van der Waals surface area contributed by atoms with Crippen molar-refractivity contribution >= 4 is 28.7 Å². The van der Waals surface area contributed by atoms with Gasteiger partial charge in [-0.15, -0.1) is 0 Å². The minimum atomic E-state index is -0.391. The Morgan fingerprint density at radius 1 is 1.11 bits per heavy atom. The molecule has 144 valence electrons. The van der Waals surface area contributed by atoms with E-state index in [9.17, 15) is 9.59 Å². The first kappa shape index (κ1) is 19.2. The number of imidazole rings is 1. The summed E-state index contributed by atoms with van der Waals surface area (Å²) in [5, 5.41) is 3.98. The molecular formula is C19H24ClN5O2. The molecule has 0 bridgehead atoms. The Bertz CT molecular complexity index is 1080. The van der Waals surface area contributed by atoms with Crippen molar-refractivity contribution in [3.05, 3.63) is 55.7 Å². The average molecular weight is 390 g/mol. The molecule has 0 spiro atoms. The van der Waals surface area contributed by atoms with Gasteiger partial charge in [0, 0.05) is 25.7 Å². The lowest BCUT2D eigenvalue weighted by atomic mass is 10.1. The van der Waals surface area contributed by atoms with Gasteiger partial charge in [0.25, 0.3) is 5.56 Å². The van der Waals surface area contributed by atoms with Crippen molar-refractivity contribution in [3.63, 3.8) is 0 Å². The molecule has 0 atom stereocenters. The highest BCUT2D eigenvalue weighted by molar-refractivity contribution is 6.30. The molecule has 0 saturated heterocycles. The topological polar surface area (TPSA) is 73.8 Å². The number of anilines is 1. The second-order valence-electron chi connectivity index (χ2n) is 7.14. The van der Waals surface area contributed by atoms with Crippen LogP contribution in [0, 0.1) is 5.92 Å². The summed E-state index contributed by atoms with van der Waals surface area (Å²) in [5.74, 6) is 1.13. The lowest BCUT2D eigenvalue weighted by Gasteiger charge is -2.12. The van der Waals surface area contributed by atoms with Crippen molar-refractivity contribution in [2.75, 3.05) is 11.9 Å². The van der Waals surface area contributed by atoms with E-state index in [1.807, 2.05) is 28.8 Å². The zero-order chi connectivity index (χ0) is 19.7. The maximum atomic E-state index is 12.8. The van der Waals surface area contributed by atoms with Gasteiger partial charge < -0.3 is 5.32 Å². The van der Waals surface area contributed by atoms with E-state index in [1.165, 1.54) is 11.6 Å². The van der Waals surface area contributed by atoms with E-state index in [0.29, 0.717) is 34.6 Å². The fourth-order valence-electron chi connectivity index (χ4n) is 2.98. The molecule has 0 fully saturated rings. The van der Waals surface area contributed by atoms with Crippen LogP contribution in [0.15, 0.2) is 33.9 Å². The van der Waals surface area contributed by atoms with Crippen LogP contribution in [0.25, 0.3) is 11.2 Å². The number of rotatable bonds is 6. The largest absolute Gasteiger partial charge is 0.356 e. The first-order valence-corrected chi connectivity index (χ1v) is 9.32. The normalized spacial score (nSPS) is 11.5. The van der Waals surface area contributed by atoms with Gasteiger partial charge >= 0.3 is 5.69 Å². The molecule has 3 rings (SSSR count). The van der Waals surface area contributed by atoms with Crippen LogP contribution >= 0.6 is 11.6 Å². The minimum Gasteiger partial charge on any atom is -0.356 e. The number of aromatic nitrogens is 4. The van der Waals surface area contributed by atoms with E-state index in [0.717, 1.165) is 23.1 Å². The van der Waals surface area contributed by atoms with Crippen LogP contribution in [0.1, 0.15) is 25.8 Å². The first-order valence-electron chi connectivity index (χ1n) is 8.94. The highest BCUT2D eigenvalue weighted by Crippen LogP contribution is 2.19. The SMILES string of the molecule is CC(C)CCNc1nc2c(c(=O)n(C)c(=O)n2C)n1Cc1ccc(Cl)cc1. The van der Waals surface area contributed by atoms with Gasteiger partial charge in [0.05, 0.1) is 6.54 Å². The Morgan fingerprint density at radius 3 is 2.41 bits per heavy atom. The molecule has 2 aromatic heterocycles. The van der Waals surface area contributed by atoms with Gasteiger partial charge in [-0.3, -0.25) is 18.5 Å². The summed E-state index contributed by atoms with van der Waals surface area (Å²) >= 11 is 5.98. The van der Waals surface area contributed by atoms with Crippen LogP contribution in [0.5, 0.6) is 0 Å². The lowest BCUT2D eigenvalue weighted by Crippen LogP contribution is -2.37. The summed E-state index contributed by atoms with van der Waals surface area (Å²) in [5.41, 5.74) is 1.02. The molecule has 0 saturated carbocycles. The predicted molar refractivity (Wildman–Crippen MR) is 109 cm³/mol. The Kier molecular flexibility index (Phi) is 5.41. The predicted octanol–water partition coefficient (Wildman–Crippen LogP) is 2.59. The molecule has 0 aliphatic rings. The quantitative estimate of drug-likeness (QED) is 0.703. The monoisotopic (exact) mass is 389 g/mol. The molecule has 8 heteroatoms. The zero-order valence-electron chi connectivity index (χ0n) is 16.0. The second kappa shape index (κ2) is 7.60. The van der Waals surface area contributed by atoms with Crippen molar-refractivity contribution in [3.8, 4) is 0 Å². The molecule has 2 heterocycles. The molecule has 1 N–H and O–H groups in total. The van der Waals surface area contributed by atoms with Crippen LogP contribution in [0.4, 0.5) is 5.95 Å². The summed E-state index contributed by atoms with van der Waals surface area (Å²) in [6.45, 7) is 5.48. The van der Waals surface area contributed by atoms with Gasteiger partial charge in [0.15, 0.2) is 11.2 Å². The Morgan fingerprint density at radius 2 is 1.78 bits per heavy atom. The summed E-state index contributed by atoms with van der Waals surface area (Å²) in [6, 6.07) is 7.46. The van der Waals surface area contributed by atoms with Crippen LogP contribution < -0.4 is 16.6 Å². The van der Waals surface area contributed by atoms with Crippen LogP contribution in [0.3, 0.4) is 0 Å². The standard InChI is InChI=1S/C19H24ClN5O2/c1-12(2)9-10-21-18-22-16-15(17(26)24(4)19(27)23(16)3)25(18)11-13-5-7-14(20)8-6-13/h5-8,12H,9-11H2,1-4H3,(H,21,22). The fourth-order valence-corrected chi connectivity index (χ4v) is 3.11. The average Bonchev–Trinajstić information content (AvgIpc) is 2.98. The molecule has 1 aromatic carbocycles. The maximum Gasteiger partial charge on any atom is 0.332 e. The number of nitrogens with one attached hydrogen (secondary N) is 1. The number of hydrogen-bond acceptors (Lipinski definition) is 4. The van der Waals surface area contributed by atoms with Gasteiger partial charge in [-0.2, -0.15) is 4.98 Å². The van der Waals surface area contributed by atoms with Crippen LogP contribution in [-0.4, -0.2) is 25.2 Å². The Balaban J connectivity index is 2.15. The highest BCUT2D eigenvalue weighted by atomic mass is 35.5. The van der Waals surface area contributed by atoms with Gasteiger partial charge in [-0.05, 0) is 30.0 Å².